The Bertz CT molecular complexity index is 1100. The van der Waals surface area contributed by atoms with Gasteiger partial charge < -0.3 is 9.64 Å². The van der Waals surface area contributed by atoms with E-state index < -0.39 is 0 Å². The smallest absolute Gasteiger partial charge is 0.257 e. The minimum Gasteiger partial charge on any atom is -0.496 e. The van der Waals surface area contributed by atoms with E-state index in [2.05, 4.69) is 17.0 Å². The molecular formula is C24H27N5O2. The first-order valence-corrected chi connectivity index (χ1v) is 11.0. The van der Waals surface area contributed by atoms with Gasteiger partial charge in [0, 0.05) is 30.8 Å². The molecule has 0 unspecified atom stereocenters. The van der Waals surface area contributed by atoms with Crippen LogP contribution in [0.25, 0.3) is 17.2 Å². The van der Waals surface area contributed by atoms with Crippen molar-refractivity contribution < 1.29 is 9.53 Å². The Labute approximate surface area is 182 Å². The van der Waals surface area contributed by atoms with Gasteiger partial charge in [0.1, 0.15) is 5.75 Å². The number of para-hydroxylation sites is 1. The zero-order valence-corrected chi connectivity index (χ0v) is 18.0. The van der Waals surface area contributed by atoms with Crippen LogP contribution >= 0.6 is 0 Å². The number of aromatic nitrogens is 4. The van der Waals surface area contributed by atoms with E-state index in [0.717, 1.165) is 55.1 Å². The lowest BCUT2D eigenvalue weighted by Gasteiger charge is -2.31. The maximum Gasteiger partial charge on any atom is 0.257 e. The van der Waals surface area contributed by atoms with E-state index >= 15 is 0 Å². The molecule has 2 fully saturated rings. The summed E-state index contributed by atoms with van der Waals surface area (Å²) >= 11 is 0. The number of likely N-dealkylation sites (tertiary alicyclic amines) is 1. The molecule has 1 aromatic carbocycles. The Balaban J connectivity index is 1.52. The molecular weight excluding hydrogens is 390 g/mol. The van der Waals surface area contributed by atoms with E-state index in [1.807, 2.05) is 35.2 Å². The number of rotatable bonds is 5. The fraction of sp³-hybridized carbons (Fsp3) is 0.417. The molecule has 3 heterocycles. The van der Waals surface area contributed by atoms with E-state index in [1.54, 1.807) is 24.2 Å². The van der Waals surface area contributed by atoms with Crippen molar-refractivity contribution in [2.75, 3.05) is 20.2 Å². The minimum atomic E-state index is 0.0839. The van der Waals surface area contributed by atoms with Crippen LogP contribution in [0.5, 0.6) is 5.75 Å². The molecule has 1 amide bonds. The number of nitrogens with zero attached hydrogens (tertiary/aromatic N) is 5. The average Bonchev–Trinajstić information content (AvgIpc) is 3.56. The SMILES string of the molecule is COc1ccccc1-c1ccnc(-n2ncc(C(=O)N3CCC[C@H](C)C3)c2C2CC2)n1. The lowest BCUT2D eigenvalue weighted by Crippen LogP contribution is -2.39. The monoisotopic (exact) mass is 417 g/mol. The largest absolute Gasteiger partial charge is 0.496 e. The fourth-order valence-corrected chi connectivity index (χ4v) is 4.43. The number of ether oxygens (including phenoxy) is 1. The third-order valence-corrected chi connectivity index (χ3v) is 6.16. The Hall–Kier alpha value is -3.22. The van der Waals surface area contributed by atoms with Crippen molar-refractivity contribution in [3.05, 3.63) is 54.0 Å². The molecule has 7 heteroatoms. The van der Waals surface area contributed by atoms with E-state index in [1.165, 1.54) is 6.42 Å². The van der Waals surface area contributed by atoms with Crippen LogP contribution in [0.1, 0.15) is 54.6 Å². The van der Waals surface area contributed by atoms with Gasteiger partial charge in [0.05, 0.1) is 30.3 Å². The van der Waals surface area contributed by atoms with Crippen LogP contribution < -0.4 is 4.74 Å². The third kappa shape index (κ3) is 3.80. The van der Waals surface area contributed by atoms with Crippen LogP contribution in [0.2, 0.25) is 0 Å². The lowest BCUT2D eigenvalue weighted by molar-refractivity contribution is 0.0682. The highest BCUT2D eigenvalue weighted by Crippen LogP contribution is 2.42. The molecule has 160 valence electrons. The van der Waals surface area contributed by atoms with Gasteiger partial charge in [-0.2, -0.15) is 5.10 Å². The summed E-state index contributed by atoms with van der Waals surface area (Å²) in [4.78, 5) is 24.6. The molecule has 1 saturated carbocycles. The Morgan fingerprint density at radius 2 is 2.00 bits per heavy atom. The van der Waals surface area contributed by atoms with E-state index in [4.69, 9.17) is 9.72 Å². The molecule has 7 nitrogen and oxygen atoms in total. The summed E-state index contributed by atoms with van der Waals surface area (Å²) in [6.07, 6.45) is 7.81. The van der Waals surface area contributed by atoms with Crippen LogP contribution in [-0.2, 0) is 0 Å². The van der Waals surface area contributed by atoms with Crippen LogP contribution in [0.3, 0.4) is 0 Å². The van der Waals surface area contributed by atoms with Crippen molar-refractivity contribution in [1.29, 1.82) is 0 Å². The summed E-state index contributed by atoms with van der Waals surface area (Å²) in [5, 5.41) is 4.57. The second kappa shape index (κ2) is 8.13. The van der Waals surface area contributed by atoms with E-state index in [-0.39, 0.29) is 5.91 Å². The van der Waals surface area contributed by atoms with Crippen molar-refractivity contribution in [2.45, 2.75) is 38.5 Å². The Morgan fingerprint density at radius 1 is 1.16 bits per heavy atom. The van der Waals surface area contributed by atoms with Crippen molar-refractivity contribution in [3.63, 3.8) is 0 Å². The van der Waals surface area contributed by atoms with Gasteiger partial charge in [0.25, 0.3) is 11.9 Å². The zero-order chi connectivity index (χ0) is 21.4. The number of hydrogen-bond acceptors (Lipinski definition) is 5. The topological polar surface area (TPSA) is 73.1 Å². The second-order valence-electron chi connectivity index (χ2n) is 8.57. The van der Waals surface area contributed by atoms with Gasteiger partial charge in [-0.05, 0) is 49.8 Å². The molecule has 1 aliphatic heterocycles. The highest BCUT2D eigenvalue weighted by Gasteiger charge is 2.35. The van der Waals surface area contributed by atoms with Crippen molar-refractivity contribution in [1.82, 2.24) is 24.6 Å². The van der Waals surface area contributed by atoms with Crippen molar-refractivity contribution >= 4 is 5.91 Å². The van der Waals surface area contributed by atoms with Crippen molar-refractivity contribution in [2.24, 2.45) is 5.92 Å². The van der Waals surface area contributed by atoms with Gasteiger partial charge in [0.2, 0.25) is 0 Å². The Kier molecular flexibility index (Phi) is 5.18. The standard InChI is InChI=1S/C24H27N5O2/c1-16-6-5-13-28(15-16)23(30)19-14-26-29(22(19)17-9-10-17)24-25-12-11-20(27-24)18-7-3-4-8-21(18)31-2/h3-4,7-8,11-12,14,16-17H,5-6,9-10,13,15H2,1-2H3/t16-/m0/s1. The molecule has 5 rings (SSSR count). The molecule has 0 bridgehead atoms. The predicted octanol–water partition coefficient (Wildman–Crippen LogP) is 4.09. The molecule has 2 aliphatic rings. The molecule has 1 atom stereocenters. The molecule has 0 spiro atoms. The fourth-order valence-electron chi connectivity index (χ4n) is 4.43. The lowest BCUT2D eigenvalue weighted by atomic mass is 9.99. The highest BCUT2D eigenvalue weighted by molar-refractivity contribution is 5.95. The van der Waals surface area contributed by atoms with Crippen LogP contribution in [0.4, 0.5) is 0 Å². The summed E-state index contributed by atoms with van der Waals surface area (Å²) in [6.45, 7) is 3.84. The average molecular weight is 418 g/mol. The number of carbonyl (C=O) groups is 1. The number of hydrogen-bond donors (Lipinski definition) is 0. The third-order valence-electron chi connectivity index (χ3n) is 6.16. The number of benzene rings is 1. The summed E-state index contributed by atoms with van der Waals surface area (Å²) in [5.74, 6) is 2.20. The number of piperidine rings is 1. The molecule has 2 aromatic heterocycles. The molecule has 31 heavy (non-hydrogen) atoms. The molecule has 1 saturated heterocycles. The molecule has 1 aliphatic carbocycles. The van der Waals surface area contributed by atoms with Gasteiger partial charge in [0.15, 0.2) is 0 Å². The van der Waals surface area contributed by atoms with Gasteiger partial charge in [-0.1, -0.05) is 19.1 Å². The van der Waals surface area contributed by atoms with Crippen LogP contribution in [0.15, 0.2) is 42.7 Å². The molecule has 3 aromatic rings. The highest BCUT2D eigenvalue weighted by atomic mass is 16.5. The zero-order valence-electron chi connectivity index (χ0n) is 18.0. The predicted molar refractivity (Wildman–Crippen MR) is 117 cm³/mol. The summed E-state index contributed by atoms with van der Waals surface area (Å²) in [7, 11) is 1.65. The first kappa shape index (κ1) is 19.7. The first-order chi connectivity index (χ1) is 15.2. The first-order valence-electron chi connectivity index (χ1n) is 11.0. The summed E-state index contributed by atoms with van der Waals surface area (Å²) in [5.41, 5.74) is 3.30. The van der Waals surface area contributed by atoms with Gasteiger partial charge >= 0.3 is 0 Å². The molecule has 0 radical (unpaired) electrons. The van der Waals surface area contributed by atoms with E-state index in [0.29, 0.717) is 23.3 Å². The quantitative estimate of drug-likeness (QED) is 0.625. The van der Waals surface area contributed by atoms with Gasteiger partial charge in [-0.3, -0.25) is 4.79 Å². The molecule has 0 N–H and O–H groups in total. The summed E-state index contributed by atoms with van der Waals surface area (Å²) < 4.78 is 7.26. The van der Waals surface area contributed by atoms with E-state index in [9.17, 15) is 4.79 Å². The van der Waals surface area contributed by atoms with Gasteiger partial charge in [-0.25, -0.2) is 14.6 Å². The second-order valence-corrected chi connectivity index (χ2v) is 8.57. The van der Waals surface area contributed by atoms with Crippen molar-refractivity contribution in [3.8, 4) is 23.0 Å². The minimum absolute atomic E-state index is 0.0839. The number of amides is 1. The number of methoxy groups -OCH3 is 1. The maximum absolute atomic E-state index is 13.3. The summed E-state index contributed by atoms with van der Waals surface area (Å²) in [6, 6.07) is 9.64. The van der Waals surface area contributed by atoms with Crippen LogP contribution in [0, 0.1) is 5.92 Å². The van der Waals surface area contributed by atoms with Gasteiger partial charge in [-0.15, -0.1) is 0 Å². The normalized spacial score (nSPS) is 18.8. The van der Waals surface area contributed by atoms with Crippen LogP contribution in [-0.4, -0.2) is 50.8 Å². The number of carbonyl (C=O) groups excluding carboxylic acids is 1. The Morgan fingerprint density at radius 3 is 2.77 bits per heavy atom. The maximum atomic E-state index is 13.3.